The van der Waals surface area contributed by atoms with E-state index < -0.39 is 0 Å². The van der Waals surface area contributed by atoms with Crippen LogP contribution >= 0.6 is 0 Å². The van der Waals surface area contributed by atoms with Gasteiger partial charge in [0, 0.05) is 24.7 Å². The predicted octanol–water partition coefficient (Wildman–Crippen LogP) is 2.51. The molecule has 2 aromatic rings. The van der Waals surface area contributed by atoms with E-state index in [0.29, 0.717) is 5.56 Å². The molecule has 2 amide bonds. The molecule has 6 heteroatoms. The molecule has 0 aromatic heterocycles. The van der Waals surface area contributed by atoms with Crippen LogP contribution in [0.15, 0.2) is 54.6 Å². The van der Waals surface area contributed by atoms with Gasteiger partial charge in [-0.05, 0) is 29.8 Å². The van der Waals surface area contributed by atoms with Crippen molar-refractivity contribution in [2.24, 2.45) is 0 Å². The molecule has 0 aliphatic rings. The van der Waals surface area contributed by atoms with Crippen LogP contribution in [0, 0.1) is 0 Å². The number of esters is 1. The number of anilines is 1. The van der Waals surface area contributed by atoms with Crippen LogP contribution in [-0.2, 0) is 20.9 Å². The van der Waals surface area contributed by atoms with Crippen molar-refractivity contribution in [1.82, 2.24) is 5.32 Å². The molecule has 0 bridgehead atoms. The second-order valence-corrected chi connectivity index (χ2v) is 5.41. The Labute approximate surface area is 146 Å². The van der Waals surface area contributed by atoms with Gasteiger partial charge in [0.25, 0.3) is 5.91 Å². The highest BCUT2D eigenvalue weighted by atomic mass is 16.5. The Bertz CT molecular complexity index is 727. The van der Waals surface area contributed by atoms with Gasteiger partial charge >= 0.3 is 5.97 Å². The second kappa shape index (κ2) is 9.22. The Kier molecular flexibility index (Phi) is 6.71. The van der Waals surface area contributed by atoms with E-state index in [0.717, 1.165) is 11.3 Å². The highest BCUT2D eigenvalue weighted by molar-refractivity contribution is 6.04. The molecule has 0 spiro atoms. The number of hydrogen-bond acceptors (Lipinski definition) is 4. The van der Waals surface area contributed by atoms with Gasteiger partial charge in [0.1, 0.15) is 6.61 Å². The summed E-state index contributed by atoms with van der Waals surface area (Å²) >= 11 is 0. The molecule has 130 valence electrons. The molecule has 0 radical (unpaired) electrons. The van der Waals surface area contributed by atoms with Crippen LogP contribution in [0.25, 0.3) is 0 Å². The number of carbonyl (C=O) groups is 3. The minimum Gasteiger partial charge on any atom is -0.461 e. The number of ether oxygens (including phenoxy) is 1. The number of amides is 2. The van der Waals surface area contributed by atoms with Crippen molar-refractivity contribution in [1.29, 1.82) is 0 Å². The van der Waals surface area contributed by atoms with Gasteiger partial charge in [-0.25, -0.2) is 0 Å². The van der Waals surface area contributed by atoms with Crippen molar-refractivity contribution >= 4 is 23.5 Å². The monoisotopic (exact) mass is 340 g/mol. The average Bonchev–Trinajstić information content (AvgIpc) is 2.61. The lowest BCUT2D eigenvalue weighted by Crippen LogP contribution is -2.23. The molecular formula is C19H20N2O4. The first-order chi connectivity index (χ1) is 12.0. The molecule has 0 saturated heterocycles. The fourth-order valence-corrected chi connectivity index (χ4v) is 2.05. The molecule has 2 N–H and O–H groups in total. The largest absolute Gasteiger partial charge is 0.461 e. The number of rotatable bonds is 7. The molecular weight excluding hydrogens is 320 g/mol. The molecule has 25 heavy (non-hydrogen) atoms. The summed E-state index contributed by atoms with van der Waals surface area (Å²) in [5, 5.41) is 5.33. The normalized spacial score (nSPS) is 9.96. The lowest BCUT2D eigenvalue weighted by Gasteiger charge is -2.07. The summed E-state index contributed by atoms with van der Waals surface area (Å²) in [5.41, 5.74) is 2.03. The topological polar surface area (TPSA) is 84.5 Å². The molecule has 0 fully saturated rings. The first kappa shape index (κ1) is 18.2. The van der Waals surface area contributed by atoms with Crippen LogP contribution in [0.3, 0.4) is 0 Å². The summed E-state index contributed by atoms with van der Waals surface area (Å²) in [6.45, 7) is 1.77. The van der Waals surface area contributed by atoms with Crippen molar-refractivity contribution in [2.75, 3.05) is 11.9 Å². The zero-order chi connectivity index (χ0) is 18.1. The Morgan fingerprint density at radius 3 is 2.28 bits per heavy atom. The minimum atomic E-state index is -0.389. The Morgan fingerprint density at radius 1 is 0.960 bits per heavy atom. The first-order valence-corrected chi connectivity index (χ1v) is 7.90. The van der Waals surface area contributed by atoms with Crippen LogP contribution < -0.4 is 10.6 Å². The Morgan fingerprint density at radius 2 is 1.64 bits per heavy atom. The summed E-state index contributed by atoms with van der Waals surface area (Å²) in [5.74, 6) is -0.776. The number of para-hydroxylation sites is 1. The summed E-state index contributed by atoms with van der Waals surface area (Å²) in [6, 6.07) is 16.0. The predicted molar refractivity (Wildman–Crippen MR) is 93.9 cm³/mol. The van der Waals surface area contributed by atoms with E-state index in [2.05, 4.69) is 10.6 Å². The lowest BCUT2D eigenvalue weighted by molar-refractivity contribution is -0.144. The fourth-order valence-electron chi connectivity index (χ4n) is 2.05. The second-order valence-electron chi connectivity index (χ2n) is 5.41. The van der Waals surface area contributed by atoms with Crippen LogP contribution in [0.2, 0.25) is 0 Å². The van der Waals surface area contributed by atoms with E-state index in [9.17, 15) is 14.4 Å². The van der Waals surface area contributed by atoms with Gasteiger partial charge in [0.05, 0.1) is 6.42 Å². The van der Waals surface area contributed by atoms with Crippen LogP contribution in [0.4, 0.5) is 5.69 Å². The molecule has 2 aromatic carbocycles. The molecule has 0 atom stereocenters. The molecule has 0 unspecified atom stereocenters. The van der Waals surface area contributed by atoms with Crippen LogP contribution in [0.5, 0.6) is 0 Å². The van der Waals surface area contributed by atoms with E-state index in [-0.39, 0.29) is 37.4 Å². The van der Waals surface area contributed by atoms with Gasteiger partial charge in [-0.3, -0.25) is 14.4 Å². The third-order valence-corrected chi connectivity index (χ3v) is 3.35. The van der Waals surface area contributed by atoms with Crippen molar-refractivity contribution in [3.8, 4) is 0 Å². The summed E-state index contributed by atoms with van der Waals surface area (Å²) in [6.07, 6.45) is 0.122. The van der Waals surface area contributed by atoms with Crippen LogP contribution in [0.1, 0.15) is 29.3 Å². The highest BCUT2D eigenvalue weighted by Gasteiger charge is 2.07. The molecule has 0 aliphatic heterocycles. The highest BCUT2D eigenvalue weighted by Crippen LogP contribution is 2.10. The van der Waals surface area contributed by atoms with Gasteiger partial charge in [0.2, 0.25) is 5.91 Å². The fraction of sp³-hybridized carbons (Fsp3) is 0.211. The average molecular weight is 340 g/mol. The maximum Gasteiger partial charge on any atom is 0.307 e. The molecule has 2 rings (SSSR count). The minimum absolute atomic E-state index is 0.122. The maximum atomic E-state index is 12.1. The number of hydrogen-bond donors (Lipinski definition) is 2. The third-order valence-electron chi connectivity index (χ3n) is 3.35. The molecule has 6 nitrogen and oxygen atoms in total. The van der Waals surface area contributed by atoms with Crippen LogP contribution in [-0.4, -0.2) is 24.3 Å². The lowest BCUT2D eigenvalue weighted by atomic mass is 10.1. The number of benzene rings is 2. The zero-order valence-electron chi connectivity index (χ0n) is 14.0. The maximum absolute atomic E-state index is 12.1. The van der Waals surface area contributed by atoms with Crippen molar-refractivity contribution < 1.29 is 19.1 Å². The molecule has 0 aliphatic carbocycles. The van der Waals surface area contributed by atoms with E-state index in [4.69, 9.17) is 4.74 Å². The Hall–Kier alpha value is -3.15. The van der Waals surface area contributed by atoms with Crippen molar-refractivity contribution in [3.05, 3.63) is 65.7 Å². The van der Waals surface area contributed by atoms with Crippen molar-refractivity contribution in [3.63, 3.8) is 0 Å². The van der Waals surface area contributed by atoms with Gasteiger partial charge in [-0.15, -0.1) is 0 Å². The SMILES string of the molecule is CC(=O)NCCC(=O)OCc1ccc(C(=O)Nc2ccccc2)cc1. The summed E-state index contributed by atoms with van der Waals surface area (Å²) in [4.78, 5) is 34.4. The Balaban J connectivity index is 1.80. The van der Waals surface area contributed by atoms with Gasteiger partial charge in [0.15, 0.2) is 0 Å². The quantitative estimate of drug-likeness (QED) is 0.759. The molecule has 0 heterocycles. The smallest absolute Gasteiger partial charge is 0.307 e. The molecule has 0 saturated carbocycles. The summed E-state index contributed by atoms with van der Waals surface area (Å²) in [7, 11) is 0. The standard InChI is InChI=1S/C19H20N2O4/c1-14(22)20-12-11-18(23)25-13-15-7-9-16(10-8-15)19(24)21-17-5-3-2-4-6-17/h2-10H,11-13H2,1H3,(H,20,22)(H,21,24). The van der Waals surface area contributed by atoms with Gasteiger partial charge < -0.3 is 15.4 Å². The summed E-state index contributed by atoms with van der Waals surface area (Å²) < 4.78 is 5.12. The van der Waals surface area contributed by atoms with Gasteiger partial charge in [-0.1, -0.05) is 30.3 Å². The number of carbonyl (C=O) groups excluding carboxylic acids is 3. The van der Waals surface area contributed by atoms with Gasteiger partial charge in [-0.2, -0.15) is 0 Å². The van der Waals surface area contributed by atoms with E-state index in [1.54, 1.807) is 24.3 Å². The number of nitrogens with one attached hydrogen (secondary N) is 2. The third kappa shape index (κ3) is 6.47. The van der Waals surface area contributed by atoms with Crippen molar-refractivity contribution in [2.45, 2.75) is 20.0 Å². The van der Waals surface area contributed by atoms with E-state index in [1.807, 2.05) is 30.3 Å². The van der Waals surface area contributed by atoms with E-state index in [1.165, 1.54) is 6.92 Å². The first-order valence-electron chi connectivity index (χ1n) is 7.90. The van der Waals surface area contributed by atoms with E-state index >= 15 is 0 Å². The zero-order valence-corrected chi connectivity index (χ0v) is 14.0.